The summed E-state index contributed by atoms with van der Waals surface area (Å²) in [5.41, 5.74) is -0.502. The minimum atomic E-state index is -0.502. The first-order valence-electron chi connectivity index (χ1n) is 5.12. The fourth-order valence-corrected chi connectivity index (χ4v) is 1.39. The molecule has 0 aromatic heterocycles. The highest BCUT2D eigenvalue weighted by atomic mass is 16.6. The lowest BCUT2D eigenvalue weighted by atomic mass is 10.1. The molecule has 1 rings (SSSR count). The summed E-state index contributed by atoms with van der Waals surface area (Å²) in [6.45, 7) is 6.18. The third kappa shape index (κ3) is 4.99. The molecular formula is C10H19NO4. The van der Waals surface area contributed by atoms with E-state index in [-0.39, 0.29) is 6.04 Å². The van der Waals surface area contributed by atoms with Crippen LogP contribution < -0.4 is 5.32 Å². The fraction of sp³-hybridized carbons (Fsp3) is 0.900. The Bertz CT molecular complexity index is 224. The Labute approximate surface area is 89.8 Å². The second-order valence-corrected chi connectivity index (χ2v) is 4.77. The van der Waals surface area contributed by atoms with Gasteiger partial charge in [0.05, 0.1) is 25.4 Å². The predicted octanol–water partition coefficient (Wildman–Crippen LogP) is 0.661. The van der Waals surface area contributed by atoms with E-state index in [1.807, 2.05) is 0 Å². The van der Waals surface area contributed by atoms with Gasteiger partial charge in [0.2, 0.25) is 0 Å². The summed E-state index contributed by atoms with van der Waals surface area (Å²) >= 11 is 0. The Hall–Kier alpha value is -0.810. The SMILES string of the molecule is CC(C)(C)OC(=O)N[C@H]1COC[C@@H](O)C1. The van der Waals surface area contributed by atoms with Gasteiger partial charge >= 0.3 is 6.09 Å². The fourth-order valence-electron chi connectivity index (χ4n) is 1.39. The van der Waals surface area contributed by atoms with Gasteiger partial charge in [0.15, 0.2) is 0 Å². The molecule has 0 aromatic carbocycles. The van der Waals surface area contributed by atoms with Gasteiger partial charge in [-0.1, -0.05) is 0 Å². The number of hydrogen-bond donors (Lipinski definition) is 2. The van der Waals surface area contributed by atoms with E-state index in [2.05, 4.69) is 5.32 Å². The Morgan fingerprint density at radius 1 is 1.47 bits per heavy atom. The highest BCUT2D eigenvalue weighted by molar-refractivity contribution is 5.68. The van der Waals surface area contributed by atoms with Gasteiger partial charge in [-0.3, -0.25) is 0 Å². The first-order chi connectivity index (χ1) is 6.87. The van der Waals surface area contributed by atoms with Gasteiger partial charge in [0.25, 0.3) is 0 Å². The highest BCUT2D eigenvalue weighted by Gasteiger charge is 2.24. The molecule has 1 aliphatic heterocycles. The van der Waals surface area contributed by atoms with E-state index in [9.17, 15) is 9.90 Å². The third-order valence-corrected chi connectivity index (χ3v) is 1.91. The molecule has 15 heavy (non-hydrogen) atoms. The van der Waals surface area contributed by atoms with Crippen molar-refractivity contribution in [1.29, 1.82) is 0 Å². The van der Waals surface area contributed by atoms with Crippen molar-refractivity contribution in [1.82, 2.24) is 5.32 Å². The van der Waals surface area contributed by atoms with Crippen LogP contribution in [0.2, 0.25) is 0 Å². The number of carbonyl (C=O) groups excluding carboxylic acids is 1. The maximum atomic E-state index is 11.4. The quantitative estimate of drug-likeness (QED) is 0.677. The standard InChI is InChI=1S/C10H19NO4/c1-10(2,3)15-9(13)11-7-4-8(12)6-14-5-7/h7-8,12H,4-6H2,1-3H3,(H,11,13)/t7-,8+/m1/s1. The van der Waals surface area contributed by atoms with Crippen LogP contribution in [0.4, 0.5) is 4.79 Å². The number of rotatable bonds is 1. The molecule has 0 bridgehead atoms. The van der Waals surface area contributed by atoms with Gasteiger partial charge in [-0.05, 0) is 27.2 Å². The number of amides is 1. The number of carbonyl (C=O) groups is 1. The summed E-state index contributed by atoms with van der Waals surface area (Å²) < 4.78 is 10.2. The molecule has 1 amide bonds. The Morgan fingerprint density at radius 3 is 2.67 bits per heavy atom. The summed E-state index contributed by atoms with van der Waals surface area (Å²) in [5, 5.41) is 12.0. The summed E-state index contributed by atoms with van der Waals surface area (Å²) in [7, 11) is 0. The average Bonchev–Trinajstić information content (AvgIpc) is 1.99. The first kappa shape index (κ1) is 12.3. The van der Waals surface area contributed by atoms with Gasteiger partial charge < -0.3 is 19.9 Å². The van der Waals surface area contributed by atoms with Gasteiger partial charge in [0.1, 0.15) is 5.60 Å². The molecule has 2 N–H and O–H groups in total. The number of nitrogens with one attached hydrogen (secondary N) is 1. The molecular weight excluding hydrogens is 198 g/mol. The molecule has 0 radical (unpaired) electrons. The molecule has 1 saturated heterocycles. The van der Waals surface area contributed by atoms with E-state index in [4.69, 9.17) is 9.47 Å². The summed E-state index contributed by atoms with van der Waals surface area (Å²) in [4.78, 5) is 11.4. The van der Waals surface area contributed by atoms with Crippen molar-refractivity contribution in [3.63, 3.8) is 0 Å². The van der Waals surface area contributed by atoms with Crippen LogP contribution in [-0.4, -0.2) is 42.2 Å². The maximum absolute atomic E-state index is 11.4. The summed E-state index contributed by atoms with van der Waals surface area (Å²) in [6.07, 6.45) is -0.455. The van der Waals surface area contributed by atoms with Gasteiger partial charge in [-0.2, -0.15) is 0 Å². The molecule has 1 heterocycles. The van der Waals surface area contributed by atoms with Crippen LogP contribution in [0.3, 0.4) is 0 Å². The minimum Gasteiger partial charge on any atom is -0.444 e. The second kappa shape index (κ2) is 4.81. The molecule has 5 heteroatoms. The largest absolute Gasteiger partial charge is 0.444 e. The number of ether oxygens (including phenoxy) is 2. The van der Waals surface area contributed by atoms with Crippen LogP contribution in [0, 0.1) is 0 Å². The number of aliphatic hydroxyl groups is 1. The van der Waals surface area contributed by atoms with E-state index in [1.54, 1.807) is 20.8 Å². The first-order valence-corrected chi connectivity index (χ1v) is 5.12. The van der Waals surface area contributed by atoms with Crippen molar-refractivity contribution < 1.29 is 19.4 Å². The summed E-state index contributed by atoms with van der Waals surface area (Å²) in [6, 6.07) is -0.163. The monoisotopic (exact) mass is 217 g/mol. The Kier molecular flexibility index (Phi) is 3.93. The molecule has 0 aliphatic carbocycles. The number of alkyl carbamates (subject to hydrolysis) is 1. The highest BCUT2D eigenvalue weighted by Crippen LogP contribution is 2.10. The second-order valence-electron chi connectivity index (χ2n) is 4.77. The van der Waals surface area contributed by atoms with Gasteiger partial charge in [-0.15, -0.1) is 0 Å². The predicted molar refractivity (Wildman–Crippen MR) is 54.6 cm³/mol. The van der Waals surface area contributed by atoms with E-state index in [0.717, 1.165) is 0 Å². The van der Waals surface area contributed by atoms with Crippen molar-refractivity contribution in [3.05, 3.63) is 0 Å². The lowest BCUT2D eigenvalue weighted by Gasteiger charge is -2.28. The number of hydrogen-bond acceptors (Lipinski definition) is 4. The van der Waals surface area contributed by atoms with Crippen LogP contribution in [0.5, 0.6) is 0 Å². The van der Waals surface area contributed by atoms with Gasteiger partial charge in [-0.25, -0.2) is 4.79 Å². The number of aliphatic hydroxyl groups excluding tert-OH is 1. The lowest BCUT2D eigenvalue weighted by Crippen LogP contribution is -2.46. The van der Waals surface area contributed by atoms with Crippen LogP contribution in [0.15, 0.2) is 0 Å². The van der Waals surface area contributed by atoms with Crippen molar-refractivity contribution in [2.24, 2.45) is 0 Å². The Balaban J connectivity index is 2.31. The van der Waals surface area contributed by atoms with Crippen molar-refractivity contribution in [3.8, 4) is 0 Å². The molecule has 2 atom stereocenters. The van der Waals surface area contributed by atoms with E-state index >= 15 is 0 Å². The Morgan fingerprint density at radius 2 is 2.13 bits per heavy atom. The van der Waals surface area contributed by atoms with Crippen LogP contribution in [0.1, 0.15) is 27.2 Å². The van der Waals surface area contributed by atoms with Gasteiger partial charge in [0, 0.05) is 0 Å². The van der Waals surface area contributed by atoms with E-state index in [1.165, 1.54) is 0 Å². The molecule has 0 unspecified atom stereocenters. The zero-order valence-electron chi connectivity index (χ0n) is 9.45. The molecule has 0 saturated carbocycles. The molecule has 0 spiro atoms. The van der Waals surface area contributed by atoms with Crippen molar-refractivity contribution in [2.45, 2.75) is 44.9 Å². The summed E-state index contributed by atoms with van der Waals surface area (Å²) in [5.74, 6) is 0. The maximum Gasteiger partial charge on any atom is 0.407 e. The normalized spacial score (nSPS) is 27.2. The topological polar surface area (TPSA) is 67.8 Å². The molecule has 5 nitrogen and oxygen atoms in total. The zero-order chi connectivity index (χ0) is 11.5. The van der Waals surface area contributed by atoms with E-state index in [0.29, 0.717) is 19.6 Å². The lowest BCUT2D eigenvalue weighted by molar-refractivity contribution is -0.0258. The molecule has 1 aliphatic rings. The van der Waals surface area contributed by atoms with Crippen molar-refractivity contribution >= 4 is 6.09 Å². The molecule has 88 valence electrons. The van der Waals surface area contributed by atoms with Crippen molar-refractivity contribution in [2.75, 3.05) is 13.2 Å². The molecule has 1 fully saturated rings. The average molecular weight is 217 g/mol. The smallest absolute Gasteiger partial charge is 0.407 e. The van der Waals surface area contributed by atoms with Crippen LogP contribution in [0.25, 0.3) is 0 Å². The minimum absolute atomic E-state index is 0.163. The van der Waals surface area contributed by atoms with Crippen LogP contribution in [-0.2, 0) is 9.47 Å². The molecule has 0 aromatic rings. The zero-order valence-corrected chi connectivity index (χ0v) is 9.45. The van der Waals surface area contributed by atoms with E-state index < -0.39 is 17.8 Å². The van der Waals surface area contributed by atoms with Crippen LogP contribution >= 0.6 is 0 Å². The third-order valence-electron chi connectivity index (χ3n) is 1.91.